The molecule has 1 aliphatic rings. The summed E-state index contributed by atoms with van der Waals surface area (Å²) >= 11 is 2.92. The number of thiophene rings is 1. The van der Waals surface area contributed by atoms with Crippen molar-refractivity contribution in [3.8, 4) is 11.3 Å². The normalized spacial score (nSPS) is 15.0. The molecule has 4 rings (SSSR count). The lowest BCUT2D eigenvalue weighted by Crippen LogP contribution is -2.38. The molecule has 0 unspecified atom stereocenters. The quantitative estimate of drug-likeness (QED) is 0.476. The van der Waals surface area contributed by atoms with Crippen LogP contribution in [0.5, 0.6) is 0 Å². The average Bonchev–Trinajstić information content (AvgIpc) is 3.50. The Labute approximate surface area is 196 Å². The molecule has 0 radical (unpaired) electrons. The maximum absolute atomic E-state index is 13.0. The van der Waals surface area contributed by atoms with Gasteiger partial charge in [-0.25, -0.2) is 8.42 Å². The first-order valence-electron chi connectivity index (χ1n) is 10.4. The van der Waals surface area contributed by atoms with Crippen LogP contribution in [0.3, 0.4) is 0 Å². The molecule has 170 valence electrons. The summed E-state index contributed by atoms with van der Waals surface area (Å²) in [6.45, 7) is 1.45. The van der Waals surface area contributed by atoms with Gasteiger partial charge in [-0.2, -0.15) is 16.1 Å². The number of sulfonamides is 1. The number of nitrogens with zero attached hydrogens (tertiary/aromatic N) is 3. The lowest BCUT2D eigenvalue weighted by molar-refractivity contribution is 0.0794. The zero-order valence-electron chi connectivity index (χ0n) is 17.8. The Balaban J connectivity index is 1.36. The summed E-state index contributed by atoms with van der Waals surface area (Å²) in [5.74, 6) is 2.04. The van der Waals surface area contributed by atoms with Gasteiger partial charge in [-0.1, -0.05) is 35.5 Å². The van der Waals surface area contributed by atoms with Gasteiger partial charge in [0, 0.05) is 56.2 Å². The van der Waals surface area contributed by atoms with Crippen molar-refractivity contribution in [3.05, 3.63) is 58.5 Å². The number of rotatable bonds is 8. The van der Waals surface area contributed by atoms with Crippen molar-refractivity contribution in [1.29, 1.82) is 0 Å². The zero-order valence-corrected chi connectivity index (χ0v) is 20.2. The van der Waals surface area contributed by atoms with Gasteiger partial charge in [0.2, 0.25) is 10.0 Å². The van der Waals surface area contributed by atoms with Gasteiger partial charge in [-0.05, 0) is 17.9 Å². The fraction of sp³-hybridized carbons (Fsp3) is 0.364. The standard InChI is InChI=1S/C22H25N3O4S3/c1-24(10-5-8-18-16-19(23-29-18)17-6-3-2-4-7-17)22(26)21-20(9-13-31-21)32(27,28)25-11-14-30-15-12-25/h2-4,6-7,9,13,16H,5,8,10-12,14-15H2,1H3. The summed E-state index contributed by atoms with van der Waals surface area (Å²) in [7, 11) is -1.96. The van der Waals surface area contributed by atoms with E-state index in [1.165, 1.54) is 15.6 Å². The summed E-state index contributed by atoms with van der Waals surface area (Å²) in [6.07, 6.45) is 1.32. The van der Waals surface area contributed by atoms with Gasteiger partial charge in [0.25, 0.3) is 5.91 Å². The van der Waals surface area contributed by atoms with E-state index in [0.29, 0.717) is 32.5 Å². The van der Waals surface area contributed by atoms with E-state index >= 15 is 0 Å². The molecule has 1 saturated heterocycles. The van der Waals surface area contributed by atoms with Gasteiger partial charge in [0.1, 0.15) is 21.2 Å². The smallest absolute Gasteiger partial charge is 0.265 e. The van der Waals surface area contributed by atoms with Crippen LogP contribution in [0.1, 0.15) is 21.9 Å². The van der Waals surface area contributed by atoms with Gasteiger partial charge in [-0.3, -0.25) is 4.79 Å². The maximum atomic E-state index is 13.0. The number of amides is 1. The van der Waals surface area contributed by atoms with Crippen LogP contribution in [0.15, 0.2) is 57.3 Å². The van der Waals surface area contributed by atoms with Crippen molar-refractivity contribution in [2.24, 2.45) is 0 Å². The molecule has 1 amide bonds. The Bertz CT molecular complexity index is 1150. The third-order valence-electron chi connectivity index (χ3n) is 5.30. The highest BCUT2D eigenvalue weighted by atomic mass is 32.2. The number of hydrogen-bond acceptors (Lipinski definition) is 7. The number of benzene rings is 1. The van der Waals surface area contributed by atoms with Crippen LogP contribution in [-0.4, -0.2) is 66.9 Å². The van der Waals surface area contributed by atoms with Crippen molar-refractivity contribution >= 4 is 39.0 Å². The molecule has 1 fully saturated rings. The molecular weight excluding hydrogens is 466 g/mol. The highest BCUT2D eigenvalue weighted by molar-refractivity contribution is 7.99. The topological polar surface area (TPSA) is 83.7 Å². The van der Waals surface area contributed by atoms with Crippen molar-refractivity contribution < 1.29 is 17.7 Å². The van der Waals surface area contributed by atoms with Crippen LogP contribution in [0.25, 0.3) is 11.3 Å². The van der Waals surface area contributed by atoms with Gasteiger partial charge in [0.05, 0.1) is 0 Å². The van der Waals surface area contributed by atoms with E-state index in [4.69, 9.17) is 4.52 Å². The Morgan fingerprint density at radius 1 is 1.19 bits per heavy atom. The minimum atomic E-state index is -3.66. The summed E-state index contributed by atoms with van der Waals surface area (Å²) in [6, 6.07) is 13.3. The number of carbonyl (C=O) groups is 1. The highest BCUT2D eigenvalue weighted by Gasteiger charge is 2.32. The lowest BCUT2D eigenvalue weighted by atomic mass is 10.1. The summed E-state index contributed by atoms with van der Waals surface area (Å²) in [4.78, 5) is 15.0. The molecular formula is C22H25N3O4S3. The second-order valence-corrected chi connectivity index (χ2v) is 11.6. The second-order valence-electron chi connectivity index (χ2n) is 7.51. The molecule has 0 aliphatic carbocycles. The summed E-state index contributed by atoms with van der Waals surface area (Å²) in [5.41, 5.74) is 1.78. The van der Waals surface area contributed by atoms with E-state index in [0.717, 1.165) is 28.5 Å². The fourth-order valence-corrected chi connectivity index (χ4v) is 7.49. The van der Waals surface area contributed by atoms with E-state index in [2.05, 4.69) is 5.16 Å². The predicted octanol–water partition coefficient (Wildman–Crippen LogP) is 3.85. The van der Waals surface area contributed by atoms with E-state index in [1.807, 2.05) is 36.4 Å². The fourth-order valence-electron chi connectivity index (χ4n) is 3.52. The van der Waals surface area contributed by atoms with Crippen molar-refractivity contribution in [2.75, 3.05) is 38.2 Å². The Hall–Kier alpha value is -2.14. The Morgan fingerprint density at radius 2 is 1.94 bits per heavy atom. The first kappa shape index (κ1) is 23.0. The van der Waals surface area contributed by atoms with E-state index < -0.39 is 10.0 Å². The van der Waals surface area contributed by atoms with Crippen molar-refractivity contribution in [2.45, 2.75) is 17.7 Å². The van der Waals surface area contributed by atoms with Crippen LogP contribution in [-0.2, 0) is 16.4 Å². The largest absolute Gasteiger partial charge is 0.361 e. The number of aryl methyl sites for hydroxylation is 1. The maximum Gasteiger partial charge on any atom is 0.265 e. The minimum Gasteiger partial charge on any atom is -0.361 e. The molecule has 32 heavy (non-hydrogen) atoms. The first-order chi connectivity index (χ1) is 15.5. The van der Waals surface area contributed by atoms with Gasteiger partial charge in [-0.15, -0.1) is 11.3 Å². The van der Waals surface area contributed by atoms with E-state index in [9.17, 15) is 13.2 Å². The number of thioether (sulfide) groups is 1. The molecule has 7 nitrogen and oxygen atoms in total. The molecule has 1 aromatic carbocycles. The summed E-state index contributed by atoms with van der Waals surface area (Å²) in [5, 5.41) is 5.79. The average molecular weight is 492 g/mol. The monoisotopic (exact) mass is 491 g/mol. The number of hydrogen-bond donors (Lipinski definition) is 0. The third-order valence-corrected chi connectivity index (χ3v) is 9.22. The molecule has 3 heterocycles. The third kappa shape index (κ3) is 5.09. The second kappa shape index (κ2) is 10.2. The van der Waals surface area contributed by atoms with Gasteiger partial charge < -0.3 is 9.42 Å². The van der Waals surface area contributed by atoms with Crippen LogP contribution in [0.2, 0.25) is 0 Å². The molecule has 1 aliphatic heterocycles. The van der Waals surface area contributed by atoms with Crippen LogP contribution in [0, 0.1) is 0 Å². The molecule has 0 bridgehead atoms. The van der Waals surface area contributed by atoms with Gasteiger partial charge >= 0.3 is 0 Å². The molecule has 3 aromatic rings. The van der Waals surface area contributed by atoms with Crippen LogP contribution < -0.4 is 0 Å². The molecule has 0 spiro atoms. The molecule has 10 heteroatoms. The first-order valence-corrected chi connectivity index (χ1v) is 13.9. The molecule has 0 saturated carbocycles. The van der Waals surface area contributed by atoms with Crippen LogP contribution in [0.4, 0.5) is 0 Å². The SMILES string of the molecule is CN(CCCc1cc(-c2ccccc2)no1)C(=O)c1sccc1S(=O)(=O)N1CCSCC1. The van der Waals surface area contributed by atoms with Crippen molar-refractivity contribution in [3.63, 3.8) is 0 Å². The molecule has 0 atom stereocenters. The molecule has 0 N–H and O–H groups in total. The Morgan fingerprint density at radius 3 is 2.69 bits per heavy atom. The number of carbonyl (C=O) groups excluding carboxylic acids is 1. The van der Waals surface area contributed by atoms with Crippen molar-refractivity contribution in [1.82, 2.24) is 14.4 Å². The van der Waals surface area contributed by atoms with Gasteiger partial charge in [0.15, 0.2) is 0 Å². The number of aromatic nitrogens is 1. The van der Waals surface area contributed by atoms with E-state index in [1.54, 1.807) is 35.2 Å². The Kier molecular flexibility index (Phi) is 7.34. The minimum absolute atomic E-state index is 0.119. The summed E-state index contributed by atoms with van der Waals surface area (Å²) < 4.78 is 33.0. The molecule has 2 aromatic heterocycles. The predicted molar refractivity (Wildman–Crippen MR) is 128 cm³/mol. The lowest BCUT2D eigenvalue weighted by Gasteiger charge is -2.26. The van der Waals surface area contributed by atoms with E-state index in [-0.39, 0.29) is 15.7 Å². The highest BCUT2D eigenvalue weighted by Crippen LogP contribution is 2.28. The zero-order chi connectivity index (χ0) is 22.6. The van der Waals surface area contributed by atoms with Crippen LogP contribution >= 0.6 is 23.1 Å².